The van der Waals surface area contributed by atoms with E-state index in [2.05, 4.69) is 24.5 Å². The van der Waals surface area contributed by atoms with E-state index in [9.17, 15) is 14.4 Å². The fourth-order valence-electron chi connectivity index (χ4n) is 2.86. The summed E-state index contributed by atoms with van der Waals surface area (Å²) >= 11 is 0. The lowest BCUT2D eigenvalue weighted by atomic mass is 10.0. The van der Waals surface area contributed by atoms with Crippen molar-refractivity contribution in [3.63, 3.8) is 0 Å². The van der Waals surface area contributed by atoms with Crippen molar-refractivity contribution in [1.82, 2.24) is 10.6 Å². The third-order valence-corrected chi connectivity index (χ3v) is 4.40. The summed E-state index contributed by atoms with van der Waals surface area (Å²) < 4.78 is 0. The molecule has 1 rings (SSSR count). The number of carbonyl (C=O) groups excluding carboxylic acids is 3. The molecule has 1 saturated carbocycles. The minimum Gasteiger partial charge on any atom is -0.354 e. The van der Waals surface area contributed by atoms with Gasteiger partial charge in [-0.3, -0.25) is 14.4 Å². The second kappa shape index (κ2) is 9.80. The molecule has 0 spiro atoms. The molecule has 5 nitrogen and oxygen atoms in total. The van der Waals surface area contributed by atoms with E-state index < -0.39 is 6.04 Å². The first-order valence-electron chi connectivity index (χ1n) is 9.37. The fourth-order valence-corrected chi connectivity index (χ4v) is 2.86. The Morgan fingerprint density at radius 3 is 2.25 bits per heavy atom. The van der Waals surface area contributed by atoms with Crippen LogP contribution in [0, 0.1) is 23.7 Å². The largest absolute Gasteiger partial charge is 0.354 e. The second-order valence-electron chi connectivity index (χ2n) is 7.83. The van der Waals surface area contributed by atoms with Crippen molar-refractivity contribution in [1.29, 1.82) is 0 Å². The molecule has 0 radical (unpaired) electrons. The highest BCUT2D eigenvalue weighted by Gasteiger charge is 2.47. The number of hydrogen-bond donors (Lipinski definition) is 2. The summed E-state index contributed by atoms with van der Waals surface area (Å²) in [6.45, 7) is 10.9. The normalized spacial score (nSPS) is 20.8. The molecule has 0 saturated heterocycles. The summed E-state index contributed by atoms with van der Waals surface area (Å²) in [6.07, 6.45) is 3.52. The van der Waals surface area contributed by atoms with Crippen LogP contribution in [0.25, 0.3) is 0 Å². The van der Waals surface area contributed by atoms with E-state index >= 15 is 0 Å². The molecule has 1 aliphatic carbocycles. The van der Waals surface area contributed by atoms with Gasteiger partial charge in [-0.2, -0.15) is 0 Å². The molecule has 0 aliphatic heterocycles. The molecule has 0 aromatic rings. The number of rotatable bonds is 11. The predicted molar refractivity (Wildman–Crippen MR) is 95.4 cm³/mol. The van der Waals surface area contributed by atoms with E-state index in [1.807, 2.05) is 20.8 Å². The number of Topliss-reactive ketones (excluding diaryl/α,β-unsaturated/α-hetero) is 1. The zero-order valence-electron chi connectivity index (χ0n) is 15.9. The lowest BCUT2D eigenvalue weighted by Crippen LogP contribution is -2.48. The molecule has 24 heavy (non-hydrogen) atoms. The van der Waals surface area contributed by atoms with Gasteiger partial charge in [-0.15, -0.1) is 0 Å². The smallest absolute Gasteiger partial charge is 0.242 e. The quantitative estimate of drug-likeness (QED) is 0.608. The van der Waals surface area contributed by atoms with Crippen LogP contribution in [0.3, 0.4) is 0 Å². The zero-order chi connectivity index (χ0) is 18.3. The first kappa shape index (κ1) is 20.7. The number of amides is 2. The minimum absolute atomic E-state index is 0.116. The van der Waals surface area contributed by atoms with Crippen LogP contribution in [0.1, 0.15) is 66.7 Å². The number of ketones is 1. The van der Waals surface area contributed by atoms with E-state index in [1.165, 1.54) is 0 Å². The Labute approximate surface area is 146 Å². The SMILES string of the molecule is CCCC(=O)[C@H]1C[C@@H]1C(=O)N[C@@H](CC(C)C)C(=O)NCCC(C)C. The van der Waals surface area contributed by atoms with Crippen LogP contribution in [0.15, 0.2) is 0 Å². The van der Waals surface area contributed by atoms with E-state index in [4.69, 9.17) is 0 Å². The fraction of sp³-hybridized carbons (Fsp3) is 0.842. The third-order valence-electron chi connectivity index (χ3n) is 4.40. The van der Waals surface area contributed by atoms with Crippen LogP contribution in [-0.2, 0) is 14.4 Å². The lowest BCUT2D eigenvalue weighted by Gasteiger charge is -2.20. The number of carbonyl (C=O) groups is 3. The molecule has 0 heterocycles. The Bertz CT molecular complexity index is 446. The topological polar surface area (TPSA) is 75.3 Å². The van der Waals surface area contributed by atoms with Gasteiger partial charge in [-0.25, -0.2) is 0 Å². The van der Waals surface area contributed by atoms with Crippen molar-refractivity contribution in [2.24, 2.45) is 23.7 Å². The zero-order valence-corrected chi connectivity index (χ0v) is 15.9. The van der Waals surface area contributed by atoms with E-state index in [0.29, 0.717) is 37.6 Å². The molecular weight excluding hydrogens is 304 g/mol. The van der Waals surface area contributed by atoms with Crippen molar-refractivity contribution in [3.05, 3.63) is 0 Å². The summed E-state index contributed by atoms with van der Waals surface area (Å²) in [5.41, 5.74) is 0. The Hall–Kier alpha value is -1.39. The van der Waals surface area contributed by atoms with Gasteiger partial charge in [0.25, 0.3) is 0 Å². The molecule has 5 heteroatoms. The summed E-state index contributed by atoms with van der Waals surface area (Å²) in [6, 6.07) is -0.507. The van der Waals surface area contributed by atoms with Gasteiger partial charge in [0.15, 0.2) is 0 Å². The lowest BCUT2D eigenvalue weighted by molar-refractivity contribution is -0.131. The van der Waals surface area contributed by atoms with Gasteiger partial charge in [0, 0.05) is 24.8 Å². The molecule has 0 aromatic heterocycles. The molecule has 2 amide bonds. The van der Waals surface area contributed by atoms with Crippen LogP contribution in [-0.4, -0.2) is 30.2 Å². The maximum absolute atomic E-state index is 12.4. The average molecular weight is 338 g/mol. The van der Waals surface area contributed by atoms with Gasteiger partial charge >= 0.3 is 0 Å². The van der Waals surface area contributed by atoms with Gasteiger partial charge in [0.2, 0.25) is 11.8 Å². The second-order valence-corrected chi connectivity index (χ2v) is 7.83. The molecule has 0 bridgehead atoms. The molecule has 138 valence electrons. The van der Waals surface area contributed by atoms with Crippen LogP contribution >= 0.6 is 0 Å². The van der Waals surface area contributed by atoms with E-state index in [-0.39, 0.29) is 29.4 Å². The van der Waals surface area contributed by atoms with Gasteiger partial charge in [0.05, 0.1) is 0 Å². The molecule has 2 N–H and O–H groups in total. The molecule has 0 aromatic carbocycles. The van der Waals surface area contributed by atoms with Crippen molar-refractivity contribution >= 4 is 17.6 Å². The maximum atomic E-state index is 12.4. The van der Waals surface area contributed by atoms with Crippen molar-refractivity contribution in [3.8, 4) is 0 Å². The van der Waals surface area contributed by atoms with E-state index in [0.717, 1.165) is 12.8 Å². The predicted octanol–water partition coefficient (Wildman–Crippen LogP) is 2.68. The Balaban J connectivity index is 2.52. The number of nitrogens with one attached hydrogen (secondary N) is 2. The highest BCUT2D eigenvalue weighted by atomic mass is 16.2. The molecule has 0 unspecified atom stereocenters. The monoisotopic (exact) mass is 338 g/mol. The molecular formula is C19H34N2O3. The molecule has 3 atom stereocenters. The minimum atomic E-state index is -0.507. The van der Waals surface area contributed by atoms with Crippen molar-refractivity contribution < 1.29 is 14.4 Å². The maximum Gasteiger partial charge on any atom is 0.242 e. The van der Waals surface area contributed by atoms with Crippen LogP contribution < -0.4 is 10.6 Å². The number of hydrogen-bond acceptors (Lipinski definition) is 3. The summed E-state index contributed by atoms with van der Waals surface area (Å²) in [5.74, 6) is 0.391. The van der Waals surface area contributed by atoms with E-state index in [1.54, 1.807) is 0 Å². The summed E-state index contributed by atoms with van der Waals surface area (Å²) in [5, 5.41) is 5.79. The van der Waals surface area contributed by atoms with Crippen molar-refractivity contribution in [2.75, 3.05) is 6.54 Å². The van der Waals surface area contributed by atoms with Crippen LogP contribution in [0.5, 0.6) is 0 Å². The Morgan fingerprint density at radius 2 is 1.71 bits per heavy atom. The average Bonchev–Trinajstić information content (AvgIpc) is 3.26. The highest BCUT2D eigenvalue weighted by molar-refractivity contribution is 5.95. The standard InChI is InChI=1S/C19H34N2O3/c1-6-7-17(22)14-11-15(14)18(23)21-16(10-13(4)5)19(24)20-9-8-12(2)3/h12-16H,6-11H2,1-5H3,(H,20,24)(H,21,23)/t14-,15-,16-/m0/s1. The summed E-state index contributed by atoms with van der Waals surface area (Å²) in [4.78, 5) is 36.6. The Morgan fingerprint density at radius 1 is 1.04 bits per heavy atom. The molecule has 1 aliphatic rings. The third kappa shape index (κ3) is 7.02. The first-order valence-corrected chi connectivity index (χ1v) is 9.37. The van der Waals surface area contributed by atoms with Gasteiger partial charge < -0.3 is 10.6 Å². The first-order chi connectivity index (χ1) is 11.3. The van der Waals surface area contributed by atoms with Crippen LogP contribution in [0.2, 0.25) is 0 Å². The van der Waals surface area contributed by atoms with Gasteiger partial charge in [-0.1, -0.05) is 34.6 Å². The van der Waals surface area contributed by atoms with Crippen molar-refractivity contribution in [2.45, 2.75) is 72.8 Å². The molecule has 1 fully saturated rings. The highest BCUT2D eigenvalue weighted by Crippen LogP contribution is 2.40. The van der Waals surface area contributed by atoms with Gasteiger partial charge in [0.1, 0.15) is 11.8 Å². The Kier molecular flexibility index (Phi) is 8.43. The van der Waals surface area contributed by atoms with Crippen LogP contribution in [0.4, 0.5) is 0 Å². The van der Waals surface area contributed by atoms with Gasteiger partial charge in [-0.05, 0) is 37.5 Å². The summed E-state index contributed by atoms with van der Waals surface area (Å²) in [7, 11) is 0.